The Morgan fingerprint density at radius 1 is 1.40 bits per heavy atom. The SMILES string of the molecule is CC1(C(=O)O)CCCCC1NC(=O)Cc1ccncc1. The molecule has 1 aromatic rings. The Morgan fingerprint density at radius 3 is 2.75 bits per heavy atom. The van der Waals surface area contributed by atoms with Crippen LogP contribution in [0, 0.1) is 5.41 Å². The molecule has 1 heterocycles. The number of carbonyl (C=O) groups excluding carboxylic acids is 1. The maximum absolute atomic E-state index is 12.1. The van der Waals surface area contributed by atoms with Crippen molar-refractivity contribution in [3.8, 4) is 0 Å². The molecule has 0 aliphatic heterocycles. The Labute approximate surface area is 118 Å². The largest absolute Gasteiger partial charge is 0.481 e. The highest BCUT2D eigenvalue weighted by Crippen LogP contribution is 2.36. The molecular formula is C15H20N2O3. The van der Waals surface area contributed by atoms with Gasteiger partial charge >= 0.3 is 5.97 Å². The average molecular weight is 276 g/mol. The molecule has 2 rings (SSSR count). The van der Waals surface area contributed by atoms with E-state index in [2.05, 4.69) is 10.3 Å². The first kappa shape index (κ1) is 14.5. The van der Waals surface area contributed by atoms with Gasteiger partial charge in [0, 0.05) is 18.4 Å². The molecule has 0 spiro atoms. The molecule has 1 aliphatic carbocycles. The zero-order valence-corrected chi connectivity index (χ0v) is 11.6. The van der Waals surface area contributed by atoms with Crippen LogP contribution in [0.5, 0.6) is 0 Å². The van der Waals surface area contributed by atoms with E-state index in [9.17, 15) is 14.7 Å². The van der Waals surface area contributed by atoms with Crippen molar-refractivity contribution in [2.45, 2.75) is 45.1 Å². The monoisotopic (exact) mass is 276 g/mol. The van der Waals surface area contributed by atoms with E-state index < -0.39 is 11.4 Å². The minimum absolute atomic E-state index is 0.129. The first-order valence-electron chi connectivity index (χ1n) is 6.94. The minimum Gasteiger partial charge on any atom is -0.481 e. The Morgan fingerprint density at radius 2 is 2.10 bits per heavy atom. The third-order valence-electron chi connectivity index (χ3n) is 4.15. The summed E-state index contributed by atoms with van der Waals surface area (Å²) in [5.41, 5.74) is 0.0249. The summed E-state index contributed by atoms with van der Waals surface area (Å²) >= 11 is 0. The highest BCUT2D eigenvalue weighted by atomic mass is 16.4. The van der Waals surface area contributed by atoms with Gasteiger partial charge in [0.25, 0.3) is 0 Å². The van der Waals surface area contributed by atoms with Crippen molar-refractivity contribution in [1.82, 2.24) is 10.3 Å². The fraction of sp³-hybridized carbons (Fsp3) is 0.533. The predicted octanol–water partition coefficient (Wildman–Crippen LogP) is 1.77. The lowest BCUT2D eigenvalue weighted by Gasteiger charge is -2.38. The van der Waals surface area contributed by atoms with Gasteiger partial charge in [-0.25, -0.2) is 0 Å². The summed E-state index contributed by atoms with van der Waals surface area (Å²) in [5.74, 6) is -0.956. The molecule has 1 amide bonds. The van der Waals surface area contributed by atoms with Crippen LogP contribution in [0.15, 0.2) is 24.5 Å². The van der Waals surface area contributed by atoms with Crippen molar-refractivity contribution in [1.29, 1.82) is 0 Å². The fourth-order valence-electron chi connectivity index (χ4n) is 2.75. The van der Waals surface area contributed by atoms with Gasteiger partial charge in [0.05, 0.1) is 11.8 Å². The summed E-state index contributed by atoms with van der Waals surface area (Å²) < 4.78 is 0. The lowest BCUT2D eigenvalue weighted by molar-refractivity contribution is -0.152. The number of nitrogens with one attached hydrogen (secondary N) is 1. The summed E-state index contributed by atoms with van der Waals surface area (Å²) in [6.45, 7) is 1.73. The van der Waals surface area contributed by atoms with Crippen LogP contribution < -0.4 is 5.32 Å². The smallest absolute Gasteiger partial charge is 0.311 e. The Bertz CT molecular complexity index is 489. The summed E-state index contributed by atoms with van der Waals surface area (Å²) in [6.07, 6.45) is 6.75. The molecule has 0 radical (unpaired) electrons. The van der Waals surface area contributed by atoms with Crippen LogP contribution in [-0.2, 0) is 16.0 Å². The van der Waals surface area contributed by atoms with Gasteiger partial charge in [-0.05, 0) is 37.5 Å². The third-order valence-corrected chi connectivity index (χ3v) is 4.15. The van der Waals surface area contributed by atoms with E-state index in [0.29, 0.717) is 6.42 Å². The average Bonchev–Trinajstić information content (AvgIpc) is 2.42. The number of amides is 1. The van der Waals surface area contributed by atoms with Gasteiger partial charge in [-0.15, -0.1) is 0 Å². The van der Waals surface area contributed by atoms with Gasteiger partial charge < -0.3 is 10.4 Å². The second-order valence-corrected chi connectivity index (χ2v) is 5.62. The number of hydrogen-bond acceptors (Lipinski definition) is 3. The number of hydrogen-bond donors (Lipinski definition) is 2. The van der Waals surface area contributed by atoms with Crippen LogP contribution in [-0.4, -0.2) is 28.0 Å². The number of carboxylic acid groups (broad SMARTS) is 1. The number of carboxylic acids is 1. The molecule has 5 nitrogen and oxygen atoms in total. The molecule has 1 saturated carbocycles. The van der Waals surface area contributed by atoms with Gasteiger partial charge in [-0.1, -0.05) is 12.8 Å². The van der Waals surface area contributed by atoms with Crippen LogP contribution in [0.3, 0.4) is 0 Å². The Hall–Kier alpha value is -1.91. The molecular weight excluding hydrogens is 256 g/mol. The van der Waals surface area contributed by atoms with Gasteiger partial charge in [-0.2, -0.15) is 0 Å². The summed E-state index contributed by atoms with van der Waals surface area (Å²) in [5, 5.41) is 12.3. The zero-order valence-electron chi connectivity index (χ0n) is 11.6. The number of rotatable bonds is 4. The third kappa shape index (κ3) is 3.15. The number of aliphatic carboxylic acids is 1. The second kappa shape index (κ2) is 6.03. The van der Waals surface area contributed by atoms with E-state index >= 15 is 0 Å². The quantitative estimate of drug-likeness (QED) is 0.878. The highest BCUT2D eigenvalue weighted by Gasteiger charge is 2.43. The normalized spacial score (nSPS) is 25.9. The number of aromatic nitrogens is 1. The van der Waals surface area contributed by atoms with Gasteiger partial charge in [-0.3, -0.25) is 14.6 Å². The van der Waals surface area contributed by atoms with Gasteiger partial charge in [0.1, 0.15) is 0 Å². The van der Waals surface area contributed by atoms with Crippen molar-refractivity contribution in [2.24, 2.45) is 5.41 Å². The first-order valence-corrected chi connectivity index (χ1v) is 6.94. The lowest BCUT2D eigenvalue weighted by atomic mass is 9.71. The fourth-order valence-corrected chi connectivity index (χ4v) is 2.75. The molecule has 0 saturated heterocycles. The molecule has 2 atom stereocenters. The van der Waals surface area contributed by atoms with E-state index in [0.717, 1.165) is 24.8 Å². The zero-order chi connectivity index (χ0) is 14.6. The molecule has 2 N–H and O–H groups in total. The number of carbonyl (C=O) groups is 2. The summed E-state index contributed by atoms with van der Waals surface area (Å²) in [4.78, 5) is 27.4. The van der Waals surface area contributed by atoms with Crippen LogP contribution in [0.2, 0.25) is 0 Å². The Balaban J connectivity index is 2.00. The van der Waals surface area contributed by atoms with E-state index in [1.165, 1.54) is 0 Å². The lowest BCUT2D eigenvalue weighted by Crippen LogP contribution is -2.52. The Kier molecular flexibility index (Phi) is 4.37. The van der Waals surface area contributed by atoms with Crippen molar-refractivity contribution >= 4 is 11.9 Å². The first-order chi connectivity index (χ1) is 9.52. The molecule has 2 unspecified atom stereocenters. The maximum Gasteiger partial charge on any atom is 0.311 e. The molecule has 0 bridgehead atoms. The topological polar surface area (TPSA) is 79.3 Å². The van der Waals surface area contributed by atoms with Crippen LogP contribution in [0.4, 0.5) is 0 Å². The van der Waals surface area contributed by atoms with Crippen LogP contribution in [0.1, 0.15) is 38.2 Å². The number of pyridine rings is 1. The minimum atomic E-state index is -0.855. The van der Waals surface area contributed by atoms with Gasteiger partial charge in [0.15, 0.2) is 0 Å². The van der Waals surface area contributed by atoms with Gasteiger partial charge in [0.2, 0.25) is 5.91 Å². The van der Waals surface area contributed by atoms with Crippen LogP contribution >= 0.6 is 0 Å². The van der Waals surface area contributed by atoms with Crippen molar-refractivity contribution < 1.29 is 14.7 Å². The number of nitrogens with zero attached hydrogens (tertiary/aromatic N) is 1. The van der Waals surface area contributed by atoms with Crippen LogP contribution in [0.25, 0.3) is 0 Å². The molecule has 1 aromatic heterocycles. The van der Waals surface area contributed by atoms with Crippen molar-refractivity contribution in [3.63, 3.8) is 0 Å². The van der Waals surface area contributed by atoms with E-state index in [1.807, 2.05) is 0 Å². The molecule has 20 heavy (non-hydrogen) atoms. The molecule has 1 fully saturated rings. The van der Waals surface area contributed by atoms with E-state index in [1.54, 1.807) is 31.5 Å². The van der Waals surface area contributed by atoms with E-state index in [-0.39, 0.29) is 18.4 Å². The van der Waals surface area contributed by atoms with Crippen molar-refractivity contribution in [3.05, 3.63) is 30.1 Å². The van der Waals surface area contributed by atoms with E-state index in [4.69, 9.17) is 0 Å². The predicted molar refractivity (Wildman–Crippen MR) is 74.1 cm³/mol. The standard InChI is InChI=1S/C15H20N2O3/c1-15(14(19)20)7-3-2-4-12(15)17-13(18)10-11-5-8-16-9-6-11/h5-6,8-9,12H,2-4,7,10H2,1H3,(H,17,18)(H,19,20). The molecule has 108 valence electrons. The second-order valence-electron chi connectivity index (χ2n) is 5.62. The molecule has 0 aromatic carbocycles. The van der Waals surface area contributed by atoms with Crippen molar-refractivity contribution in [2.75, 3.05) is 0 Å². The summed E-state index contributed by atoms with van der Waals surface area (Å²) in [6, 6.07) is 3.29. The molecule has 1 aliphatic rings. The molecule has 5 heteroatoms. The highest BCUT2D eigenvalue weighted by molar-refractivity contribution is 5.81. The summed E-state index contributed by atoms with van der Waals surface area (Å²) in [7, 11) is 0. The maximum atomic E-state index is 12.1.